The number of imidazole rings is 1. The molecule has 0 atom stereocenters. The van der Waals surface area contributed by atoms with Crippen LogP contribution in [-0.2, 0) is 9.84 Å². The third kappa shape index (κ3) is 5.66. The Bertz CT molecular complexity index is 1780. The molecule has 39 heavy (non-hydrogen) atoms. The average molecular weight is 574 g/mol. The number of ether oxygens (including phenoxy) is 1. The van der Waals surface area contributed by atoms with Crippen molar-refractivity contribution in [3.63, 3.8) is 0 Å². The summed E-state index contributed by atoms with van der Waals surface area (Å²) in [6.45, 7) is 1.79. The van der Waals surface area contributed by atoms with Gasteiger partial charge in [0.1, 0.15) is 5.75 Å². The number of alkyl halides is 3. The third-order valence-corrected chi connectivity index (χ3v) is 7.15. The molecule has 0 fully saturated rings. The molecule has 0 amide bonds. The summed E-state index contributed by atoms with van der Waals surface area (Å²) in [4.78, 5) is 4.43. The van der Waals surface area contributed by atoms with E-state index in [9.17, 15) is 21.6 Å². The normalized spacial score (nSPS) is 12.1. The molecule has 5 rings (SSSR count). The molecule has 0 bridgehead atoms. The Morgan fingerprint density at radius 1 is 0.923 bits per heavy atom. The Balaban J connectivity index is 1.66. The van der Waals surface area contributed by atoms with Crippen LogP contribution in [-0.4, -0.2) is 45.6 Å². The first-order valence-electron chi connectivity index (χ1n) is 11.3. The van der Waals surface area contributed by atoms with Crippen LogP contribution in [0, 0.1) is 6.92 Å². The monoisotopic (exact) mass is 573 g/mol. The van der Waals surface area contributed by atoms with Crippen LogP contribution in [0.5, 0.6) is 5.75 Å². The zero-order valence-electron chi connectivity index (χ0n) is 20.4. The van der Waals surface area contributed by atoms with Crippen molar-refractivity contribution in [1.29, 1.82) is 0 Å². The highest BCUT2D eigenvalue weighted by Gasteiger charge is 2.31. The zero-order chi connectivity index (χ0) is 27.9. The van der Waals surface area contributed by atoms with E-state index in [0.717, 1.165) is 6.26 Å². The lowest BCUT2D eigenvalue weighted by atomic mass is 10.0. The summed E-state index contributed by atoms with van der Waals surface area (Å²) in [5.74, 6) is -0.362. The van der Waals surface area contributed by atoms with Gasteiger partial charge in [-0.05, 0) is 78.2 Å². The van der Waals surface area contributed by atoms with Gasteiger partial charge in [0.25, 0.3) is 0 Å². The van der Waals surface area contributed by atoms with Crippen molar-refractivity contribution >= 4 is 21.4 Å². The molecule has 0 saturated carbocycles. The standard InChI is InChI=1S/C26H19ClF3N5O3S/c1-16-15-34(25(27)32-16)22-11-8-19(18-4-3-5-21(12-18)39(2,36)37)13-23(22)35-24(14-31-33-35)17-6-9-20(10-7-17)38-26(28,29)30/h3-15H,1-2H3. The lowest BCUT2D eigenvalue weighted by Crippen LogP contribution is -2.16. The summed E-state index contributed by atoms with van der Waals surface area (Å²) in [6.07, 6.45) is -0.459. The van der Waals surface area contributed by atoms with Gasteiger partial charge in [-0.3, -0.25) is 4.57 Å². The molecule has 0 radical (unpaired) electrons. The first-order valence-corrected chi connectivity index (χ1v) is 13.6. The van der Waals surface area contributed by atoms with Gasteiger partial charge in [-0.25, -0.2) is 18.1 Å². The number of hydrogen-bond donors (Lipinski definition) is 0. The Labute approximate surface area is 226 Å². The highest BCUT2D eigenvalue weighted by molar-refractivity contribution is 7.90. The van der Waals surface area contributed by atoms with Crippen LogP contribution in [0.2, 0.25) is 5.28 Å². The zero-order valence-corrected chi connectivity index (χ0v) is 22.0. The molecule has 3 aromatic carbocycles. The van der Waals surface area contributed by atoms with Gasteiger partial charge >= 0.3 is 6.36 Å². The second-order valence-electron chi connectivity index (χ2n) is 8.63. The van der Waals surface area contributed by atoms with Crippen molar-refractivity contribution < 1.29 is 26.3 Å². The molecule has 0 spiro atoms. The minimum Gasteiger partial charge on any atom is -0.406 e. The number of hydrogen-bond acceptors (Lipinski definition) is 6. The number of sulfone groups is 1. The number of benzene rings is 3. The first-order chi connectivity index (χ1) is 18.4. The van der Waals surface area contributed by atoms with E-state index in [-0.39, 0.29) is 15.9 Å². The predicted octanol–water partition coefficient (Wildman–Crippen LogP) is 6.05. The number of rotatable bonds is 6. The van der Waals surface area contributed by atoms with Crippen LogP contribution >= 0.6 is 11.6 Å². The summed E-state index contributed by atoms with van der Waals surface area (Å²) < 4.78 is 69.3. The van der Waals surface area contributed by atoms with Crippen LogP contribution in [0.15, 0.2) is 84.0 Å². The van der Waals surface area contributed by atoms with Crippen molar-refractivity contribution in [3.8, 4) is 39.5 Å². The summed E-state index contributed by atoms with van der Waals surface area (Å²) >= 11 is 6.40. The molecular formula is C26H19ClF3N5O3S. The molecule has 13 heteroatoms. The maximum Gasteiger partial charge on any atom is 0.573 e. The summed E-state index contributed by atoms with van der Waals surface area (Å²) in [7, 11) is -3.44. The van der Waals surface area contributed by atoms with Gasteiger partial charge in [0.2, 0.25) is 5.28 Å². The van der Waals surface area contributed by atoms with E-state index in [1.165, 1.54) is 41.2 Å². The van der Waals surface area contributed by atoms with E-state index >= 15 is 0 Å². The van der Waals surface area contributed by atoms with E-state index in [4.69, 9.17) is 11.6 Å². The Kier molecular flexibility index (Phi) is 6.69. The van der Waals surface area contributed by atoms with Gasteiger partial charge in [0, 0.05) is 18.0 Å². The fourth-order valence-corrected chi connectivity index (χ4v) is 5.00. The average Bonchev–Trinajstić information content (AvgIpc) is 3.49. The topological polar surface area (TPSA) is 91.9 Å². The molecule has 2 heterocycles. The van der Waals surface area contributed by atoms with E-state index in [0.29, 0.717) is 39.5 Å². The molecule has 0 saturated heterocycles. The minimum absolute atomic E-state index is 0.168. The van der Waals surface area contributed by atoms with Crippen LogP contribution in [0.1, 0.15) is 5.69 Å². The summed E-state index contributed by atoms with van der Waals surface area (Å²) in [6, 6.07) is 17.2. The van der Waals surface area contributed by atoms with Gasteiger partial charge in [0.15, 0.2) is 9.84 Å². The lowest BCUT2D eigenvalue weighted by Gasteiger charge is -2.16. The molecule has 2 aromatic heterocycles. The van der Waals surface area contributed by atoms with Crippen LogP contribution < -0.4 is 4.74 Å². The quantitative estimate of drug-likeness (QED) is 0.245. The van der Waals surface area contributed by atoms with Crippen LogP contribution in [0.3, 0.4) is 0 Å². The predicted molar refractivity (Wildman–Crippen MR) is 139 cm³/mol. The highest BCUT2D eigenvalue weighted by Crippen LogP contribution is 2.33. The minimum atomic E-state index is -4.81. The van der Waals surface area contributed by atoms with Crippen LogP contribution in [0.4, 0.5) is 13.2 Å². The molecule has 0 aliphatic heterocycles. The Morgan fingerprint density at radius 3 is 2.26 bits per heavy atom. The molecule has 8 nitrogen and oxygen atoms in total. The number of aryl methyl sites for hydroxylation is 1. The van der Waals surface area contributed by atoms with Gasteiger partial charge in [-0.1, -0.05) is 23.4 Å². The molecule has 0 aliphatic rings. The largest absolute Gasteiger partial charge is 0.573 e. The molecular weight excluding hydrogens is 555 g/mol. The molecule has 0 N–H and O–H groups in total. The van der Waals surface area contributed by atoms with Gasteiger partial charge in [0.05, 0.1) is 33.9 Å². The lowest BCUT2D eigenvalue weighted by molar-refractivity contribution is -0.274. The van der Waals surface area contributed by atoms with Gasteiger partial charge in [-0.2, -0.15) is 0 Å². The highest BCUT2D eigenvalue weighted by atomic mass is 35.5. The maximum absolute atomic E-state index is 12.6. The molecule has 200 valence electrons. The molecule has 5 aromatic rings. The summed E-state index contributed by atoms with van der Waals surface area (Å²) in [5, 5.41) is 8.48. The van der Waals surface area contributed by atoms with Gasteiger partial charge in [-0.15, -0.1) is 18.3 Å². The van der Waals surface area contributed by atoms with E-state index in [1.807, 2.05) is 6.07 Å². The van der Waals surface area contributed by atoms with Crippen molar-refractivity contribution in [2.45, 2.75) is 18.2 Å². The van der Waals surface area contributed by atoms with Crippen LogP contribution in [0.25, 0.3) is 33.8 Å². The van der Waals surface area contributed by atoms with Crippen molar-refractivity contribution in [2.75, 3.05) is 6.26 Å². The Hall–Kier alpha value is -4.16. The number of nitrogens with zero attached hydrogens (tertiary/aromatic N) is 5. The fourth-order valence-electron chi connectivity index (χ4n) is 4.06. The SMILES string of the molecule is Cc1cn(-c2ccc(-c3cccc(S(C)(=O)=O)c3)cc2-n2nncc2-c2ccc(OC(F)(F)F)cc2)c(Cl)n1. The fraction of sp³-hybridized carbons (Fsp3) is 0.115. The van der Waals surface area contributed by atoms with E-state index in [1.54, 1.807) is 48.0 Å². The van der Waals surface area contributed by atoms with Gasteiger partial charge < -0.3 is 4.74 Å². The second-order valence-corrected chi connectivity index (χ2v) is 11.0. The first kappa shape index (κ1) is 26.4. The second kappa shape index (κ2) is 9.86. The molecule has 0 unspecified atom stereocenters. The smallest absolute Gasteiger partial charge is 0.406 e. The van der Waals surface area contributed by atoms with Crippen molar-refractivity contribution in [3.05, 3.63) is 90.1 Å². The third-order valence-electron chi connectivity index (χ3n) is 5.77. The molecule has 0 aliphatic carbocycles. The van der Waals surface area contributed by atoms with Crippen molar-refractivity contribution in [1.82, 2.24) is 24.5 Å². The van der Waals surface area contributed by atoms with E-state index < -0.39 is 16.2 Å². The van der Waals surface area contributed by atoms with E-state index in [2.05, 4.69) is 20.0 Å². The Morgan fingerprint density at radius 2 is 1.62 bits per heavy atom. The number of aromatic nitrogens is 5. The summed E-state index contributed by atoms with van der Waals surface area (Å²) in [5.41, 5.74) is 4.11. The van der Waals surface area contributed by atoms with Crippen molar-refractivity contribution in [2.24, 2.45) is 0 Å². The number of halogens is 4. The maximum atomic E-state index is 12.6.